The molecule has 1 saturated heterocycles. The highest BCUT2D eigenvalue weighted by Gasteiger charge is 2.56. The maximum atomic E-state index is 10.8. The molecule has 0 N–H and O–H groups in total. The largest absolute Gasteiger partial charge is 0.229 e. The lowest BCUT2D eigenvalue weighted by atomic mass is 9.64. The Bertz CT molecular complexity index is 305. The predicted molar refractivity (Wildman–Crippen MR) is 39.4 cm³/mol. The SMILES string of the molecule is N#CC1CC2(C1)CS(=O)(=O)C2. The standard InChI is InChI=1S/C7H9NO2S/c8-3-6-1-7(2-6)4-11(9,10)5-7/h6H,1-2,4-5H2. The van der Waals surface area contributed by atoms with Crippen LogP contribution in [0.25, 0.3) is 0 Å². The third-order valence-corrected chi connectivity index (χ3v) is 4.70. The molecule has 0 radical (unpaired) electrons. The zero-order chi connectivity index (χ0) is 8.11. The van der Waals surface area contributed by atoms with Gasteiger partial charge in [-0.25, -0.2) is 8.42 Å². The predicted octanol–water partition coefficient (Wildman–Crippen LogP) is 0.335. The Labute approximate surface area is 65.9 Å². The summed E-state index contributed by atoms with van der Waals surface area (Å²) in [5.74, 6) is 0.793. The monoisotopic (exact) mass is 171 g/mol. The van der Waals surface area contributed by atoms with Gasteiger partial charge in [-0.2, -0.15) is 5.26 Å². The van der Waals surface area contributed by atoms with Gasteiger partial charge in [0.15, 0.2) is 9.84 Å². The van der Waals surface area contributed by atoms with Crippen molar-refractivity contribution >= 4 is 9.84 Å². The van der Waals surface area contributed by atoms with Crippen molar-refractivity contribution in [2.45, 2.75) is 12.8 Å². The van der Waals surface area contributed by atoms with E-state index < -0.39 is 9.84 Å². The first kappa shape index (κ1) is 7.11. The fourth-order valence-corrected chi connectivity index (χ4v) is 4.46. The average molecular weight is 171 g/mol. The molecule has 1 heterocycles. The van der Waals surface area contributed by atoms with E-state index in [9.17, 15) is 8.42 Å². The van der Waals surface area contributed by atoms with Gasteiger partial charge in [0.05, 0.1) is 17.6 Å². The highest BCUT2D eigenvalue weighted by molar-refractivity contribution is 7.92. The first-order chi connectivity index (χ1) is 5.05. The van der Waals surface area contributed by atoms with Crippen LogP contribution in [0.1, 0.15) is 12.8 Å². The molecule has 1 saturated carbocycles. The Morgan fingerprint density at radius 1 is 1.36 bits per heavy atom. The van der Waals surface area contributed by atoms with Crippen molar-refractivity contribution < 1.29 is 8.42 Å². The maximum absolute atomic E-state index is 10.8. The lowest BCUT2D eigenvalue weighted by Gasteiger charge is -2.50. The molecule has 1 aliphatic heterocycles. The van der Waals surface area contributed by atoms with Gasteiger partial charge in [-0.3, -0.25) is 0 Å². The molecule has 0 atom stereocenters. The third kappa shape index (κ3) is 0.951. The fourth-order valence-electron chi connectivity index (χ4n) is 2.20. The van der Waals surface area contributed by atoms with Gasteiger partial charge in [0.2, 0.25) is 0 Å². The number of nitrogens with zero attached hydrogens (tertiary/aromatic N) is 1. The lowest BCUT2D eigenvalue weighted by molar-refractivity contribution is 0.124. The van der Waals surface area contributed by atoms with Crippen LogP contribution in [-0.2, 0) is 9.84 Å². The van der Waals surface area contributed by atoms with Crippen molar-refractivity contribution in [3.05, 3.63) is 0 Å². The summed E-state index contributed by atoms with van der Waals surface area (Å²) in [6.07, 6.45) is 1.62. The molecule has 2 aliphatic rings. The summed E-state index contributed by atoms with van der Waals surface area (Å²) in [5.41, 5.74) is 0.0409. The summed E-state index contributed by atoms with van der Waals surface area (Å²) >= 11 is 0. The summed E-state index contributed by atoms with van der Waals surface area (Å²) in [6.45, 7) is 0. The summed E-state index contributed by atoms with van der Waals surface area (Å²) in [5, 5.41) is 8.47. The van der Waals surface area contributed by atoms with Gasteiger partial charge in [-0.15, -0.1) is 0 Å². The molecule has 11 heavy (non-hydrogen) atoms. The molecule has 3 nitrogen and oxygen atoms in total. The summed E-state index contributed by atoms with van der Waals surface area (Å²) in [4.78, 5) is 0. The van der Waals surface area contributed by atoms with E-state index in [1.54, 1.807) is 0 Å². The molecule has 0 aromatic rings. The van der Waals surface area contributed by atoms with Crippen LogP contribution in [0.4, 0.5) is 0 Å². The normalized spacial score (nSPS) is 31.9. The highest BCUT2D eigenvalue weighted by atomic mass is 32.2. The second-order valence-corrected chi connectivity index (χ2v) is 5.83. The molecule has 4 heteroatoms. The smallest absolute Gasteiger partial charge is 0.151 e. The zero-order valence-electron chi connectivity index (χ0n) is 6.08. The molecule has 2 rings (SSSR count). The number of rotatable bonds is 0. The van der Waals surface area contributed by atoms with Gasteiger partial charge in [0.1, 0.15) is 0 Å². The van der Waals surface area contributed by atoms with E-state index in [1.807, 2.05) is 0 Å². The Morgan fingerprint density at radius 3 is 2.27 bits per heavy atom. The Kier molecular flexibility index (Phi) is 1.15. The van der Waals surface area contributed by atoms with Crippen molar-refractivity contribution in [1.29, 1.82) is 5.26 Å². The third-order valence-electron chi connectivity index (χ3n) is 2.59. The highest BCUT2D eigenvalue weighted by Crippen LogP contribution is 2.52. The van der Waals surface area contributed by atoms with Crippen molar-refractivity contribution in [1.82, 2.24) is 0 Å². The van der Waals surface area contributed by atoms with E-state index in [0.717, 1.165) is 12.8 Å². The van der Waals surface area contributed by atoms with Crippen molar-refractivity contribution in [2.75, 3.05) is 11.5 Å². The van der Waals surface area contributed by atoms with Gasteiger partial charge in [-0.05, 0) is 12.8 Å². The second kappa shape index (κ2) is 1.78. The maximum Gasteiger partial charge on any atom is 0.151 e. The molecule has 2 fully saturated rings. The van der Waals surface area contributed by atoms with E-state index in [4.69, 9.17) is 5.26 Å². The van der Waals surface area contributed by atoms with E-state index in [2.05, 4.69) is 6.07 Å². The number of hydrogen-bond acceptors (Lipinski definition) is 3. The zero-order valence-corrected chi connectivity index (χ0v) is 6.89. The molecule has 0 aromatic heterocycles. The molecule has 0 unspecified atom stereocenters. The number of hydrogen-bond donors (Lipinski definition) is 0. The van der Waals surface area contributed by atoms with Gasteiger partial charge in [0, 0.05) is 11.3 Å². The summed E-state index contributed by atoms with van der Waals surface area (Å²) < 4.78 is 21.6. The molecular formula is C7H9NO2S. The minimum absolute atomic E-state index is 0.0409. The molecule has 60 valence electrons. The second-order valence-electron chi connectivity index (χ2n) is 3.77. The Balaban J connectivity index is 1.99. The van der Waals surface area contributed by atoms with E-state index in [0.29, 0.717) is 11.5 Å². The fraction of sp³-hybridized carbons (Fsp3) is 0.857. The van der Waals surface area contributed by atoms with Crippen LogP contribution in [-0.4, -0.2) is 19.9 Å². The van der Waals surface area contributed by atoms with Crippen LogP contribution in [0.15, 0.2) is 0 Å². The van der Waals surface area contributed by atoms with Crippen molar-refractivity contribution in [3.63, 3.8) is 0 Å². The van der Waals surface area contributed by atoms with E-state index in [1.165, 1.54) is 0 Å². The van der Waals surface area contributed by atoms with Crippen molar-refractivity contribution in [2.24, 2.45) is 11.3 Å². The average Bonchev–Trinajstić information content (AvgIpc) is 1.75. The Morgan fingerprint density at radius 2 is 1.91 bits per heavy atom. The number of sulfone groups is 1. The van der Waals surface area contributed by atoms with E-state index >= 15 is 0 Å². The lowest BCUT2D eigenvalue weighted by Crippen LogP contribution is -2.55. The quantitative estimate of drug-likeness (QED) is 0.528. The first-order valence-corrected chi connectivity index (χ1v) is 5.48. The van der Waals surface area contributed by atoms with Crippen LogP contribution in [0, 0.1) is 22.7 Å². The van der Waals surface area contributed by atoms with Crippen LogP contribution >= 0.6 is 0 Å². The van der Waals surface area contributed by atoms with Gasteiger partial charge >= 0.3 is 0 Å². The van der Waals surface area contributed by atoms with Crippen molar-refractivity contribution in [3.8, 4) is 6.07 Å². The summed E-state index contributed by atoms with van der Waals surface area (Å²) in [6, 6.07) is 2.16. The van der Waals surface area contributed by atoms with Crippen LogP contribution in [0.2, 0.25) is 0 Å². The van der Waals surface area contributed by atoms with Crippen LogP contribution in [0.3, 0.4) is 0 Å². The molecule has 0 aromatic carbocycles. The Hall–Kier alpha value is -0.560. The van der Waals surface area contributed by atoms with Gasteiger partial charge in [0.25, 0.3) is 0 Å². The van der Waals surface area contributed by atoms with Gasteiger partial charge < -0.3 is 0 Å². The first-order valence-electron chi connectivity index (χ1n) is 3.65. The van der Waals surface area contributed by atoms with Gasteiger partial charge in [-0.1, -0.05) is 0 Å². The molecule has 0 bridgehead atoms. The topological polar surface area (TPSA) is 57.9 Å². The summed E-state index contributed by atoms with van der Waals surface area (Å²) in [7, 11) is -2.69. The van der Waals surface area contributed by atoms with Crippen LogP contribution < -0.4 is 0 Å². The van der Waals surface area contributed by atoms with E-state index in [-0.39, 0.29) is 11.3 Å². The molecule has 1 spiro atoms. The molecule has 0 amide bonds. The van der Waals surface area contributed by atoms with Crippen LogP contribution in [0.5, 0.6) is 0 Å². The molecule has 1 aliphatic carbocycles. The molecular weight excluding hydrogens is 162 g/mol. The minimum atomic E-state index is -2.69. The minimum Gasteiger partial charge on any atom is -0.229 e. The number of nitriles is 1.